The van der Waals surface area contributed by atoms with Crippen LogP contribution in [0.4, 0.5) is 8.78 Å². The maximum absolute atomic E-state index is 13.0. The molecule has 0 saturated heterocycles. The highest BCUT2D eigenvalue weighted by Gasteiger charge is 2.30. The summed E-state index contributed by atoms with van der Waals surface area (Å²) in [5, 5.41) is 12.7. The number of nitrogens with one attached hydrogen (secondary N) is 1. The van der Waals surface area contributed by atoms with Crippen molar-refractivity contribution in [3.05, 3.63) is 35.4 Å². The highest BCUT2D eigenvalue weighted by molar-refractivity contribution is 5.94. The summed E-state index contributed by atoms with van der Waals surface area (Å²) >= 11 is 0. The van der Waals surface area contributed by atoms with E-state index in [0.717, 1.165) is 12.1 Å². The van der Waals surface area contributed by atoms with Crippen molar-refractivity contribution in [2.75, 3.05) is 6.54 Å². The summed E-state index contributed by atoms with van der Waals surface area (Å²) in [7, 11) is 0. The topological polar surface area (TPSA) is 49.3 Å². The van der Waals surface area contributed by atoms with Gasteiger partial charge in [-0.2, -0.15) is 0 Å². The largest absolute Gasteiger partial charge is 0.392 e. The van der Waals surface area contributed by atoms with Crippen LogP contribution < -0.4 is 5.32 Å². The van der Waals surface area contributed by atoms with Crippen molar-refractivity contribution >= 4 is 5.91 Å². The van der Waals surface area contributed by atoms with Gasteiger partial charge >= 0.3 is 0 Å². The molecule has 0 saturated carbocycles. The van der Waals surface area contributed by atoms with Gasteiger partial charge < -0.3 is 10.4 Å². The number of aliphatic hydroxyl groups excluding tert-OH is 1. The van der Waals surface area contributed by atoms with Crippen LogP contribution in [0.3, 0.4) is 0 Å². The Labute approximate surface area is 118 Å². The van der Waals surface area contributed by atoms with E-state index in [9.17, 15) is 18.7 Å². The number of halogens is 2. The predicted octanol–water partition coefficient (Wildman–Crippen LogP) is 2.74. The molecule has 0 spiro atoms. The van der Waals surface area contributed by atoms with E-state index >= 15 is 0 Å². The van der Waals surface area contributed by atoms with Crippen LogP contribution >= 0.6 is 0 Å². The normalized spacial score (nSPS) is 13.4. The third-order valence-corrected chi connectivity index (χ3v) is 3.26. The lowest BCUT2D eigenvalue weighted by molar-refractivity contribution is 0.0138. The van der Waals surface area contributed by atoms with Crippen LogP contribution in [0.1, 0.15) is 38.1 Å². The lowest BCUT2D eigenvalue weighted by atomic mass is 9.80. The first-order chi connectivity index (χ1) is 9.13. The van der Waals surface area contributed by atoms with Crippen molar-refractivity contribution in [1.82, 2.24) is 5.32 Å². The van der Waals surface area contributed by atoms with Crippen LogP contribution in [0.25, 0.3) is 0 Å². The quantitative estimate of drug-likeness (QED) is 0.874. The molecule has 0 aliphatic carbocycles. The lowest BCUT2D eigenvalue weighted by Gasteiger charge is -2.33. The van der Waals surface area contributed by atoms with Crippen molar-refractivity contribution in [2.45, 2.75) is 33.8 Å². The van der Waals surface area contributed by atoms with Crippen LogP contribution in [-0.4, -0.2) is 23.7 Å². The van der Waals surface area contributed by atoms with Crippen LogP contribution in [0.15, 0.2) is 18.2 Å². The molecule has 2 N–H and O–H groups in total. The number of hydrogen-bond donors (Lipinski definition) is 2. The summed E-state index contributed by atoms with van der Waals surface area (Å²) in [5.74, 6) is -2.10. The van der Waals surface area contributed by atoms with E-state index in [0.29, 0.717) is 6.07 Å². The summed E-state index contributed by atoms with van der Waals surface area (Å²) in [6.07, 6.45) is -0.591. The number of hydrogen-bond acceptors (Lipinski definition) is 2. The molecule has 20 heavy (non-hydrogen) atoms. The maximum atomic E-state index is 13.0. The third-order valence-electron chi connectivity index (χ3n) is 3.26. The zero-order chi connectivity index (χ0) is 15.5. The summed E-state index contributed by atoms with van der Waals surface area (Å²) in [6.45, 7) is 7.63. The molecule has 5 heteroatoms. The standard InChI is InChI=1S/C15H21F2NO2/c1-9(2)13(19)15(3,4)8-18-14(20)10-5-11(16)7-12(17)6-10/h5-7,9,13,19H,8H2,1-4H3,(H,18,20). The predicted molar refractivity (Wildman–Crippen MR) is 73.3 cm³/mol. The van der Waals surface area contributed by atoms with Crippen LogP contribution in [0.5, 0.6) is 0 Å². The van der Waals surface area contributed by atoms with E-state index in [2.05, 4.69) is 5.32 Å². The fraction of sp³-hybridized carbons (Fsp3) is 0.533. The third kappa shape index (κ3) is 4.27. The molecule has 0 aromatic heterocycles. The molecule has 0 radical (unpaired) electrons. The van der Waals surface area contributed by atoms with E-state index in [1.807, 2.05) is 27.7 Å². The Balaban J connectivity index is 2.72. The first kappa shape index (κ1) is 16.6. The van der Waals surface area contributed by atoms with Gasteiger partial charge in [0.25, 0.3) is 5.91 Å². The number of rotatable bonds is 5. The first-order valence-electron chi connectivity index (χ1n) is 6.56. The summed E-state index contributed by atoms with van der Waals surface area (Å²) in [4.78, 5) is 11.9. The summed E-state index contributed by atoms with van der Waals surface area (Å²) < 4.78 is 26.1. The molecular formula is C15H21F2NO2. The van der Waals surface area contributed by atoms with Crippen molar-refractivity contribution < 1.29 is 18.7 Å². The van der Waals surface area contributed by atoms with Gasteiger partial charge in [0.2, 0.25) is 0 Å². The average Bonchev–Trinajstić information content (AvgIpc) is 2.33. The van der Waals surface area contributed by atoms with Crippen molar-refractivity contribution in [1.29, 1.82) is 0 Å². The Kier molecular flexibility index (Phi) is 5.22. The zero-order valence-corrected chi connectivity index (χ0v) is 12.2. The molecule has 0 aliphatic heterocycles. The number of amides is 1. The maximum Gasteiger partial charge on any atom is 0.251 e. The van der Waals surface area contributed by atoms with Gasteiger partial charge in [0.05, 0.1) is 6.10 Å². The SMILES string of the molecule is CC(C)C(O)C(C)(C)CNC(=O)c1cc(F)cc(F)c1. The molecule has 0 bridgehead atoms. The summed E-state index contributed by atoms with van der Waals surface area (Å²) in [6, 6.07) is 2.66. The minimum absolute atomic E-state index is 0.0496. The number of aliphatic hydroxyl groups is 1. The van der Waals surface area contributed by atoms with Gasteiger partial charge in [0, 0.05) is 23.6 Å². The molecule has 3 nitrogen and oxygen atoms in total. The molecular weight excluding hydrogens is 264 g/mol. The molecule has 1 unspecified atom stereocenters. The molecule has 1 aromatic rings. The van der Waals surface area contributed by atoms with Crippen molar-refractivity contribution in [3.8, 4) is 0 Å². The number of benzene rings is 1. The van der Waals surface area contributed by atoms with Gasteiger partial charge in [-0.3, -0.25) is 4.79 Å². The lowest BCUT2D eigenvalue weighted by Crippen LogP contribution is -2.43. The molecule has 0 aliphatic rings. The number of carbonyl (C=O) groups is 1. The van der Waals surface area contributed by atoms with Gasteiger partial charge in [-0.05, 0) is 18.1 Å². The average molecular weight is 285 g/mol. The summed E-state index contributed by atoms with van der Waals surface area (Å²) in [5.41, 5.74) is -0.604. The second kappa shape index (κ2) is 6.31. The molecule has 1 amide bonds. The Morgan fingerprint density at radius 1 is 1.25 bits per heavy atom. The minimum atomic E-state index is -0.795. The molecule has 0 fully saturated rings. The second-order valence-corrected chi connectivity index (χ2v) is 6.02. The smallest absolute Gasteiger partial charge is 0.251 e. The van der Waals surface area contributed by atoms with Crippen LogP contribution in [0, 0.1) is 23.0 Å². The van der Waals surface area contributed by atoms with Gasteiger partial charge in [0.1, 0.15) is 11.6 Å². The highest BCUT2D eigenvalue weighted by atomic mass is 19.1. The molecule has 1 rings (SSSR count). The second-order valence-electron chi connectivity index (χ2n) is 6.02. The van der Waals surface area contributed by atoms with E-state index in [-0.39, 0.29) is 18.0 Å². The Hall–Kier alpha value is -1.49. The van der Waals surface area contributed by atoms with Gasteiger partial charge in [-0.15, -0.1) is 0 Å². The Bertz CT molecular complexity index is 467. The van der Waals surface area contributed by atoms with Gasteiger partial charge in [-0.1, -0.05) is 27.7 Å². The van der Waals surface area contributed by atoms with Crippen LogP contribution in [-0.2, 0) is 0 Å². The van der Waals surface area contributed by atoms with E-state index in [1.54, 1.807) is 0 Å². The Morgan fingerprint density at radius 2 is 1.75 bits per heavy atom. The number of carbonyl (C=O) groups excluding carboxylic acids is 1. The monoisotopic (exact) mass is 285 g/mol. The first-order valence-corrected chi connectivity index (χ1v) is 6.56. The molecule has 0 heterocycles. The van der Waals surface area contributed by atoms with E-state index in [1.165, 1.54) is 0 Å². The minimum Gasteiger partial charge on any atom is -0.392 e. The highest BCUT2D eigenvalue weighted by Crippen LogP contribution is 2.25. The van der Waals surface area contributed by atoms with Crippen molar-refractivity contribution in [3.63, 3.8) is 0 Å². The van der Waals surface area contributed by atoms with Gasteiger partial charge in [0.15, 0.2) is 0 Å². The molecule has 1 atom stereocenters. The van der Waals surface area contributed by atoms with Gasteiger partial charge in [-0.25, -0.2) is 8.78 Å². The Morgan fingerprint density at radius 3 is 2.20 bits per heavy atom. The molecule has 112 valence electrons. The molecule has 1 aromatic carbocycles. The fourth-order valence-corrected chi connectivity index (χ4v) is 2.10. The zero-order valence-electron chi connectivity index (χ0n) is 12.2. The van der Waals surface area contributed by atoms with E-state index in [4.69, 9.17) is 0 Å². The van der Waals surface area contributed by atoms with Crippen LogP contribution in [0.2, 0.25) is 0 Å². The van der Waals surface area contributed by atoms with Crippen molar-refractivity contribution in [2.24, 2.45) is 11.3 Å². The fourth-order valence-electron chi connectivity index (χ4n) is 2.10. The van der Waals surface area contributed by atoms with E-state index < -0.39 is 29.1 Å².